The lowest BCUT2D eigenvalue weighted by Gasteiger charge is -2.27. The number of methoxy groups -OCH3 is 3. The van der Waals surface area contributed by atoms with Crippen LogP contribution in [0.3, 0.4) is 0 Å². The molecule has 0 amide bonds. The van der Waals surface area contributed by atoms with E-state index in [-0.39, 0.29) is 44.8 Å². The summed E-state index contributed by atoms with van der Waals surface area (Å²) in [7, 11) is 4.18. The van der Waals surface area contributed by atoms with Gasteiger partial charge in [0.15, 0.2) is 5.75 Å². The highest BCUT2D eigenvalue weighted by Gasteiger charge is 2.32. The zero-order valence-electron chi connectivity index (χ0n) is 23.3. The largest absolute Gasteiger partial charge is 0.497 e. The maximum absolute atomic E-state index is 15.2. The number of hydrogen-bond donors (Lipinski definition) is 1. The molecule has 3 rings (SSSR count). The molecule has 41 heavy (non-hydrogen) atoms. The first-order chi connectivity index (χ1) is 19.5. The number of carbonyl (C=O) groups is 2. The quantitative estimate of drug-likeness (QED) is 0.250. The van der Waals surface area contributed by atoms with Crippen LogP contribution in [0.25, 0.3) is 0 Å². The van der Waals surface area contributed by atoms with E-state index < -0.39 is 41.6 Å². The number of halogens is 2. The molecule has 0 radical (unpaired) electrons. The molecule has 0 bridgehead atoms. The van der Waals surface area contributed by atoms with E-state index in [0.717, 1.165) is 0 Å². The number of nitrogens with one attached hydrogen (secondary N) is 1. The van der Waals surface area contributed by atoms with Crippen LogP contribution in [0.4, 0.5) is 8.78 Å². The summed E-state index contributed by atoms with van der Waals surface area (Å²) in [5.74, 6) is -2.99. The average molecular weight is 589 g/mol. The summed E-state index contributed by atoms with van der Waals surface area (Å²) in [4.78, 5) is 28.9. The minimum absolute atomic E-state index is 0.0149. The molecule has 1 heterocycles. The van der Waals surface area contributed by atoms with Crippen molar-refractivity contribution in [3.8, 4) is 23.0 Å². The van der Waals surface area contributed by atoms with Gasteiger partial charge in [-0.1, -0.05) is 24.4 Å². The molecular weight excluding hydrogens is 558 g/mol. The highest BCUT2D eigenvalue weighted by Crippen LogP contribution is 2.36. The fourth-order valence-electron chi connectivity index (χ4n) is 4.12. The Balaban J connectivity index is 1.87. The van der Waals surface area contributed by atoms with Crippen molar-refractivity contribution in [3.63, 3.8) is 0 Å². The second-order valence-corrected chi connectivity index (χ2v) is 9.28. The molecule has 0 unspecified atom stereocenters. The number of nitrogens with zero attached hydrogens (tertiary/aromatic N) is 1. The van der Waals surface area contributed by atoms with Gasteiger partial charge in [-0.05, 0) is 37.1 Å². The zero-order chi connectivity index (χ0) is 30.3. The lowest BCUT2D eigenvalue weighted by molar-refractivity contribution is -0.150. The van der Waals surface area contributed by atoms with E-state index in [1.165, 1.54) is 90.8 Å². The number of rotatable bonds is 11. The standard InChI is InChI=1S/C29H30F2N2O7S/c1-15(33-28(41)26-27(40-17(3)34)24(38-6)11-12-32-26)29(35)39-16(2)25(20-9-7-18(36-4)13-22(20)30)21-10-8-19(37-5)14-23(21)31/h7-16,25H,1-6H3,(H,33,41)/t15-,16-/m0/s1. The van der Waals surface area contributed by atoms with Crippen LogP contribution in [0.15, 0.2) is 48.7 Å². The Kier molecular flexibility index (Phi) is 10.5. The third-order valence-corrected chi connectivity index (χ3v) is 6.42. The van der Waals surface area contributed by atoms with Gasteiger partial charge in [-0.2, -0.15) is 0 Å². The van der Waals surface area contributed by atoms with Gasteiger partial charge in [0.25, 0.3) is 0 Å². The van der Waals surface area contributed by atoms with Crippen molar-refractivity contribution < 1.29 is 42.1 Å². The van der Waals surface area contributed by atoms with Crippen molar-refractivity contribution in [3.05, 3.63) is 77.1 Å². The normalized spacial score (nSPS) is 12.2. The highest BCUT2D eigenvalue weighted by molar-refractivity contribution is 7.80. The van der Waals surface area contributed by atoms with Crippen LogP contribution in [-0.2, 0) is 14.3 Å². The van der Waals surface area contributed by atoms with Gasteiger partial charge in [0.2, 0.25) is 5.75 Å². The number of esters is 2. The number of benzene rings is 2. The van der Waals surface area contributed by atoms with Gasteiger partial charge >= 0.3 is 11.9 Å². The van der Waals surface area contributed by atoms with E-state index in [2.05, 4.69) is 10.3 Å². The maximum Gasteiger partial charge on any atom is 0.328 e. The van der Waals surface area contributed by atoms with E-state index in [9.17, 15) is 9.59 Å². The van der Waals surface area contributed by atoms with Crippen LogP contribution >= 0.6 is 12.2 Å². The average Bonchev–Trinajstić information content (AvgIpc) is 2.94. The van der Waals surface area contributed by atoms with E-state index >= 15 is 8.78 Å². The number of thiocarbonyl (C=S) groups is 1. The number of pyridine rings is 1. The monoisotopic (exact) mass is 588 g/mol. The number of carbonyl (C=O) groups excluding carboxylic acids is 2. The molecule has 3 aromatic rings. The van der Waals surface area contributed by atoms with Crippen molar-refractivity contribution >= 4 is 29.1 Å². The van der Waals surface area contributed by atoms with Crippen molar-refractivity contribution in [2.45, 2.75) is 38.8 Å². The second kappa shape index (κ2) is 13.8. The fourth-order valence-corrected chi connectivity index (χ4v) is 4.44. The smallest absolute Gasteiger partial charge is 0.328 e. The molecule has 0 aliphatic carbocycles. The molecule has 9 nitrogen and oxygen atoms in total. The summed E-state index contributed by atoms with van der Waals surface area (Å²) in [6.07, 6.45) is 0.370. The molecule has 1 N–H and O–H groups in total. The Bertz CT molecular complexity index is 1380. The zero-order valence-corrected chi connectivity index (χ0v) is 24.1. The van der Waals surface area contributed by atoms with Gasteiger partial charge in [0.1, 0.15) is 46.0 Å². The molecule has 0 aliphatic rings. The van der Waals surface area contributed by atoms with Crippen LogP contribution in [0.2, 0.25) is 0 Å². The molecule has 0 spiro atoms. The molecule has 0 aliphatic heterocycles. The van der Waals surface area contributed by atoms with E-state index in [4.69, 9.17) is 35.9 Å². The summed E-state index contributed by atoms with van der Waals surface area (Å²) >= 11 is 5.41. The first-order valence-electron chi connectivity index (χ1n) is 12.4. The third-order valence-electron chi connectivity index (χ3n) is 6.11. The van der Waals surface area contributed by atoms with Gasteiger partial charge in [0, 0.05) is 31.3 Å². The predicted molar refractivity (Wildman–Crippen MR) is 150 cm³/mol. The van der Waals surface area contributed by atoms with E-state index in [1.54, 1.807) is 0 Å². The first kappa shape index (κ1) is 31.2. The molecule has 0 saturated carbocycles. The van der Waals surface area contributed by atoms with Crippen LogP contribution < -0.4 is 24.3 Å². The maximum atomic E-state index is 15.2. The Morgan fingerprint density at radius 1 is 0.902 bits per heavy atom. The lowest BCUT2D eigenvalue weighted by Crippen LogP contribution is -2.41. The topological polar surface area (TPSA) is 105 Å². The Labute approximate surface area is 241 Å². The molecule has 1 aromatic heterocycles. The van der Waals surface area contributed by atoms with Crippen molar-refractivity contribution in [2.75, 3.05) is 21.3 Å². The predicted octanol–water partition coefficient (Wildman–Crippen LogP) is 4.73. The molecule has 2 atom stereocenters. The summed E-state index contributed by atoms with van der Waals surface area (Å²) < 4.78 is 56.7. The second-order valence-electron chi connectivity index (χ2n) is 8.87. The third kappa shape index (κ3) is 7.46. The Morgan fingerprint density at radius 3 is 1.93 bits per heavy atom. The number of aromatic nitrogens is 1. The van der Waals surface area contributed by atoms with Crippen LogP contribution in [0, 0.1) is 11.6 Å². The van der Waals surface area contributed by atoms with Crippen molar-refractivity contribution in [2.24, 2.45) is 0 Å². The van der Waals surface area contributed by atoms with Crippen LogP contribution in [-0.4, -0.2) is 55.4 Å². The highest BCUT2D eigenvalue weighted by atomic mass is 32.1. The van der Waals surface area contributed by atoms with Crippen LogP contribution in [0.1, 0.15) is 43.5 Å². The molecule has 12 heteroatoms. The van der Waals surface area contributed by atoms with E-state index in [0.29, 0.717) is 0 Å². The SMILES string of the molecule is COc1ccc(C(c2ccc(OC)cc2F)[C@H](C)OC(=O)[C@H](C)NC(=S)c2nccc(OC)c2OC(C)=O)c(F)c1. The number of ether oxygens (including phenoxy) is 5. The van der Waals surface area contributed by atoms with Gasteiger partial charge in [-0.3, -0.25) is 4.79 Å². The lowest BCUT2D eigenvalue weighted by atomic mass is 9.86. The summed E-state index contributed by atoms with van der Waals surface area (Å²) in [5.41, 5.74) is 0.261. The van der Waals surface area contributed by atoms with Gasteiger partial charge in [-0.25, -0.2) is 18.6 Å². The van der Waals surface area contributed by atoms with E-state index in [1.807, 2.05) is 0 Å². The summed E-state index contributed by atoms with van der Waals surface area (Å²) in [6.45, 7) is 4.23. The van der Waals surface area contributed by atoms with Crippen molar-refractivity contribution in [1.29, 1.82) is 0 Å². The number of hydrogen-bond acceptors (Lipinski definition) is 9. The molecule has 218 valence electrons. The Hall–Kier alpha value is -4.32. The molecular formula is C29H30F2N2O7S. The minimum atomic E-state index is -1.03. The molecule has 0 saturated heterocycles. The summed E-state index contributed by atoms with van der Waals surface area (Å²) in [5, 5.41) is 2.80. The van der Waals surface area contributed by atoms with Gasteiger partial charge in [0.05, 0.1) is 27.2 Å². The summed E-state index contributed by atoms with van der Waals surface area (Å²) in [6, 6.07) is 8.78. The van der Waals surface area contributed by atoms with Crippen LogP contribution in [0.5, 0.6) is 23.0 Å². The fraction of sp³-hybridized carbons (Fsp3) is 0.310. The van der Waals surface area contributed by atoms with Crippen molar-refractivity contribution in [1.82, 2.24) is 10.3 Å². The Morgan fingerprint density at radius 2 is 1.46 bits per heavy atom. The molecule has 2 aromatic carbocycles. The minimum Gasteiger partial charge on any atom is -0.497 e. The first-order valence-corrected chi connectivity index (χ1v) is 12.8. The van der Waals surface area contributed by atoms with Gasteiger partial charge < -0.3 is 29.0 Å². The van der Waals surface area contributed by atoms with Gasteiger partial charge in [-0.15, -0.1) is 0 Å². The molecule has 0 fully saturated rings.